The molecule has 0 radical (unpaired) electrons. The molecule has 0 saturated heterocycles. The molecule has 1 aliphatic rings. The molecule has 0 bridgehead atoms. The molecule has 1 fully saturated rings. The Morgan fingerprint density at radius 3 is 2.56 bits per heavy atom. The summed E-state index contributed by atoms with van der Waals surface area (Å²) in [7, 11) is -2.04. The lowest BCUT2D eigenvalue weighted by Gasteiger charge is -2.20. The Morgan fingerprint density at radius 2 is 1.94 bits per heavy atom. The average molecular weight is 485 g/mol. The molecule has 0 spiro atoms. The standard InChI is InChI=1S/C24H32N6O3S/c1-15-11-19(15)16(2)26-20-12-18(13-21(27-20)30(4)34(5,31)32)22-28-29-23(33-22)24(3,25)14-17-9-7-6-8-10-17/h6-10,12-13,15-16,19H,11,14,25H2,1-5H3,(H,26,27)/t15-,16-,19?,24+/m0/s1. The quantitative estimate of drug-likeness (QED) is 0.473. The summed E-state index contributed by atoms with van der Waals surface area (Å²) in [6.45, 7) is 6.17. The van der Waals surface area contributed by atoms with Crippen LogP contribution in [0.15, 0.2) is 46.9 Å². The maximum Gasteiger partial charge on any atom is 0.248 e. The zero-order valence-electron chi connectivity index (χ0n) is 20.2. The summed E-state index contributed by atoms with van der Waals surface area (Å²) in [6, 6.07) is 13.5. The molecule has 10 heteroatoms. The van der Waals surface area contributed by atoms with Crippen LogP contribution in [-0.2, 0) is 22.0 Å². The van der Waals surface area contributed by atoms with Crippen molar-refractivity contribution in [3.05, 3.63) is 53.9 Å². The van der Waals surface area contributed by atoms with E-state index in [9.17, 15) is 8.42 Å². The number of nitrogens with zero attached hydrogens (tertiary/aromatic N) is 4. The third kappa shape index (κ3) is 5.39. The van der Waals surface area contributed by atoms with Gasteiger partial charge in [0.15, 0.2) is 0 Å². The molecule has 3 aromatic rings. The van der Waals surface area contributed by atoms with Crippen molar-refractivity contribution < 1.29 is 12.8 Å². The third-order valence-electron chi connectivity index (χ3n) is 6.40. The SMILES string of the molecule is C[C@H](Nc1cc(-c2nnc([C@](C)(N)Cc3ccccc3)o2)cc(N(C)S(C)(=O)=O)n1)C1C[C@@H]1C. The summed E-state index contributed by atoms with van der Waals surface area (Å²) in [5.74, 6) is 2.59. The van der Waals surface area contributed by atoms with Crippen molar-refractivity contribution in [2.75, 3.05) is 22.9 Å². The van der Waals surface area contributed by atoms with Gasteiger partial charge >= 0.3 is 0 Å². The summed E-state index contributed by atoms with van der Waals surface area (Å²) in [6.07, 6.45) is 2.82. The molecule has 1 aromatic carbocycles. The lowest BCUT2D eigenvalue weighted by atomic mass is 9.94. The van der Waals surface area contributed by atoms with Crippen LogP contribution in [0.5, 0.6) is 0 Å². The minimum atomic E-state index is -3.51. The van der Waals surface area contributed by atoms with Gasteiger partial charge < -0.3 is 15.5 Å². The van der Waals surface area contributed by atoms with E-state index in [0.29, 0.717) is 35.5 Å². The van der Waals surface area contributed by atoms with Crippen LogP contribution in [-0.4, -0.2) is 42.9 Å². The maximum atomic E-state index is 12.2. The van der Waals surface area contributed by atoms with E-state index in [1.807, 2.05) is 37.3 Å². The van der Waals surface area contributed by atoms with Gasteiger partial charge in [0.1, 0.15) is 11.6 Å². The predicted molar refractivity (Wildman–Crippen MR) is 133 cm³/mol. The number of rotatable bonds is 9. The number of nitrogens with two attached hydrogens (primary N) is 1. The van der Waals surface area contributed by atoms with Crippen LogP contribution < -0.4 is 15.4 Å². The Bertz CT molecular complexity index is 1260. The number of sulfonamides is 1. The van der Waals surface area contributed by atoms with Gasteiger partial charge in [-0.2, -0.15) is 0 Å². The highest BCUT2D eigenvalue weighted by Crippen LogP contribution is 2.41. The van der Waals surface area contributed by atoms with Crippen LogP contribution in [0, 0.1) is 11.8 Å². The molecular formula is C24H32N6O3S. The fourth-order valence-electron chi connectivity index (χ4n) is 4.10. The number of hydrogen-bond acceptors (Lipinski definition) is 8. The number of nitrogens with one attached hydrogen (secondary N) is 1. The summed E-state index contributed by atoms with van der Waals surface area (Å²) >= 11 is 0. The van der Waals surface area contributed by atoms with Gasteiger partial charge in [-0.15, -0.1) is 10.2 Å². The molecule has 2 aromatic heterocycles. The van der Waals surface area contributed by atoms with Gasteiger partial charge in [-0.3, -0.25) is 4.31 Å². The van der Waals surface area contributed by atoms with Crippen LogP contribution in [0.25, 0.3) is 11.5 Å². The lowest BCUT2D eigenvalue weighted by molar-refractivity contribution is 0.355. The molecule has 1 unspecified atom stereocenters. The maximum absolute atomic E-state index is 12.2. The summed E-state index contributed by atoms with van der Waals surface area (Å²) in [5, 5.41) is 11.8. The monoisotopic (exact) mass is 484 g/mol. The zero-order valence-corrected chi connectivity index (χ0v) is 21.0. The van der Waals surface area contributed by atoms with E-state index in [1.165, 1.54) is 7.05 Å². The highest BCUT2D eigenvalue weighted by atomic mass is 32.2. The van der Waals surface area contributed by atoms with Crippen LogP contribution in [0.1, 0.15) is 38.6 Å². The van der Waals surface area contributed by atoms with Gasteiger partial charge in [0.05, 0.1) is 11.8 Å². The number of pyridine rings is 1. The first-order chi connectivity index (χ1) is 15.9. The first-order valence-corrected chi connectivity index (χ1v) is 13.2. The van der Waals surface area contributed by atoms with Crippen molar-refractivity contribution in [2.24, 2.45) is 17.6 Å². The second-order valence-corrected chi connectivity index (χ2v) is 11.6. The largest absolute Gasteiger partial charge is 0.419 e. The van der Waals surface area contributed by atoms with E-state index in [4.69, 9.17) is 10.2 Å². The van der Waals surface area contributed by atoms with Crippen LogP contribution in [0.3, 0.4) is 0 Å². The van der Waals surface area contributed by atoms with Crippen molar-refractivity contribution in [1.29, 1.82) is 0 Å². The van der Waals surface area contributed by atoms with Crippen molar-refractivity contribution >= 4 is 21.7 Å². The summed E-state index contributed by atoms with van der Waals surface area (Å²) < 4.78 is 31.5. The second-order valence-electron chi connectivity index (χ2n) is 9.63. The molecule has 4 rings (SSSR count). The van der Waals surface area contributed by atoms with Crippen molar-refractivity contribution in [3.63, 3.8) is 0 Å². The van der Waals surface area contributed by atoms with E-state index in [0.717, 1.165) is 22.5 Å². The highest BCUT2D eigenvalue weighted by Gasteiger charge is 2.37. The van der Waals surface area contributed by atoms with E-state index >= 15 is 0 Å². The molecule has 1 saturated carbocycles. The van der Waals surface area contributed by atoms with Crippen molar-refractivity contribution in [2.45, 2.75) is 45.2 Å². The van der Waals surface area contributed by atoms with Crippen LogP contribution in [0.2, 0.25) is 0 Å². The third-order valence-corrected chi connectivity index (χ3v) is 7.58. The Kier molecular flexibility index (Phi) is 6.39. The molecular weight excluding hydrogens is 452 g/mol. The molecule has 3 N–H and O–H groups in total. The molecule has 2 heterocycles. The number of hydrogen-bond donors (Lipinski definition) is 2. The molecule has 0 amide bonds. The Morgan fingerprint density at radius 1 is 1.26 bits per heavy atom. The van der Waals surface area contributed by atoms with Gasteiger partial charge in [-0.25, -0.2) is 13.4 Å². The minimum Gasteiger partial charge on any atom is -0.419 e. The number of aromatic nitrogens is 3. The molecule has 9 nitrogen and oxygen atoms in total. The van der Waals surface area contributed by atoms with E-state index < -0.39 is 15.6 Å². The smallest absolute Gasteiger partial charge is 0.248 e. The first kappa shape index (κ1) is 24.2. The van der Waals surface area contributed by atoms with Gasteiger partial charge in [0.25, 0.3) is 0 Å². The minimum absolute atomic E-state index is 0.200. The zero-order chi connectivity index (χ0) is 24.7. The molecule has 182 valence electrons. The predicted octanol–water partition coefficient (Wildman–Crippen LogP) is 3.40. The van der Waals surface area contributed by atoms with Crippen molar-refractivity contribution in [3.8, 4) is 11.5 Å². The number of benzene rings is 1. The normalized spacial score (nSPS) is 20.4. The fourth-order valence-corrected chi connectivity index (χ4v) is 4.53. The molecule has 34 heavy (non-hydrogen) atoms. The molecule has 4 atom stereocenters. The molecule has 1 aliphatic carbocycles. The van der Waals surface area contributed by atoms with Gasteiger partial charge in [0, 0.05) is 18.7 Å². The Balaban J connectivity index is 1.66. The van der Waals surface area contributed by atoms with Crippen LogP contribution >= 0.6 is 0 Å². The van der Waals surface area contributed by atoms with Gasteiger partial charge in [-0.05, 0) is 56.2 Å². The van der Waals surface area contributed by atoms with Gasteiger partial charge in [-0.1, -0.05) is 37.3 Å². The molecule has 0 aliphatic heterocycles. The summed E-state index contributed by atoms with van der Waals surface area (Å²) in [4.78, 5) is 4.53. The highest BCUT2D eigenvalue weighted by molar-refractivity contribution is 7.92. The van der Waals surface area contributed by atoms with Crippen LogP contribution in [0.4, 0.5) is 11.6 Å². The Hall–Kier alpha value is -2.98. The fraction of sp³-hybridized carbons (Fsp3) is 0.458. The summed E-state index contributed by atoms with van der Waals surface area (Å²) in [5.41, 5.74) is 7.29. The van der Waals surface area contributed by atoms with Crippen molar-refractivity contribution in [1.82, 2.24) is 15.2 Å². The van der Waals surface area contributed by atoms with Gasteiger partial charge in [0.2, 0.25) is 21.8 Å². The van der Waals surface area contributed by atoms with E-state index in [-0.39, 0.29) is 17.8 Å². The first-order valence-electron chi connectivity index (χ1n) is 11.3. The second kappa shape index (κ2) is 8.99. The Labute approximate surface area is 200 Å². The van der Waals surface area contributed by atoms with E-state index in [1.54, 1.807) is 12.1 Å². The topological polar surface area (TPSA) is 127 Å². The average Bonchev–Trinajstić information content (AvgIpc) is 3.29. The number of anilines is 2. The lowest BCUT2D eigenvalue weighted by Crippen LogP contribution is -2.35. The van der Waals surface area contributed by atoms with E-state index in [2.05, 4.69) is 34.3 Å².